The van der Waals surface area contributed by atoms with Gasteiger partial charge in [-0.2, -0.15) is 0 Å². The summed E-state index contributed by atoms with van der Waals surface area (Å²) in [5.74, 6) is -0.566. The SMILES string of the molecule is O=C(CCCCCCCCC(=O)c1ccc(F)cc1)c1ccc(F)cc1. The van der Waals surface area contributed by atoms with E-state index in [1.54, 1.807) is 0 Å². The number of benzene rings is 2. The maximum absolute atomic E-state index is 12.8. The highest BCUT2D eigenvalue weighted by Gasteiger charge is 2.07. The molecular formula is C22H24F2O2. The molecule has 0 aliphatic rings. The molecule has 0 atom stereocenters. The molecule has 0 N–H and O–H groups in total. The first-order valence-electron chi connectivity index (χ1n) is 9.14. The lowest BCUT2D eigenvalue weighted by Crippen LogP contribution is -1.99. The number of carbonyl (C=O) groups excluding carboxylic acids is 2. The van der Waals surface area contributed by atoms with Crippen LogP contribution in [0.3, 0.4) is 0 Å². The second kappa shape index (κ2) is 10.6. The minimum Gasteiger partial charge on any atom is -0.294 e. The van der Waals surface area contributed by atoms with Crippen molar-refractivity contribution in [2.45, 2.75) is 51.4 Å². The van der Waals surface area contributed by atoms with Crippen molar-refractivity contribution >= 4 is 11.6 Å². The molecule has 0 saturated heterocycles. The van der Waals surface area contributed by atoms with Crippen LogP contribution in [0.1, 0.15) is 72.1 Å². The molecule has 0 unspecified atom stereocenters. The lowest BCUT2D eigenvalue weighted by molar-refractivity contribution is 0.0969. The Bertz CT molecular complexity index is 642. The Kier molecular flexibility index (Phi) is 8.13. The summed E-state index contributed by atoms with van der Waals surface area (Å²) in [5, 5.41) is 0. The van der Waals surface area contributed by atoms with Gasteiger partial charge in [0.25, 0.3) is 0 Å². The van der Waals surface area contributed by atoms with Crippen molar-refractivity contribution in [3.63, 3.8) is 0 Å². The number of hydrogen-bond acceptors (Lipinski definition) is 2. The molecule has 2 aromatic carbocycles. The first kappa shape index (κ1) is 20.0. The van der Waals surface area contributed by atoms with Crippen LogP contribution in [-0.2, 0) is 0 Å². The third-order valence-electron chi connectivity index (χ3n) is 4.39. The largest absolute Gasteiger partial charge is 0.294 e. The normalized spacial score (nSPS) is 10.7. The molecule has 0 spiro atoms. The van der Waals surface area contributed by atoms with Gasteiger partial charge in [-0.1, -0.05) is 25.7 Å². The molecule has 4 heteroatoms. The predicted molar refractivity (Wildman–Crippen MR) is 98.4 cm³/mol. The van der Waals surface area contributed by atoms with Crippen LogP contribution in [0.15, 0.2) is 48.5 Å². The average Bonchev–Trinajstić information content (AvgIpc) is 2.64. The third kappa shape index (κ3) is 6.87. The van der Waals surface area contributed by atoms with Crippen LogP contribution in [0.4, 0.5) is 8.78 Å². The molecule has 0 heterocycles. The number of halogens is 2. The topological polar surface area (TPSA) is 34.1 Å². The molecule has 138 valence electrons. The van der Waals surface area contributed by atoms with E-state index in [1.165, 1.54) is 48.5 Å². The van der Waals surface area contributed by atoms with Gasteiger partial charge in [0.2, 0.25) is 0 Å². The number of rotatable bonds is 11. The Morgan fingerprint density at radius 2 is 0.846 bits per heavy atom. The summed E-state index contributed by atoms with van der Waals surface area (Å²) in [4.78, 5) is 23.9. The maximum atomic E-state index is 12.8. The Balaban J connectivity index is 1.51. The quantitative estimate of drug-likeness (QED) is 0.356. The summed E-state index contributed by atoms with van der Waals surface area (Å²) in [6, 6.07) is 11.3. The summed E-state index contributed by atoms with van der Waals surface area (Å²) in [7, 11) is 0. The number of carbonyl (C=O) groups is 2. The van der Waals surface area contributed by atoms with E-state index in [1.807, 2.05) is 0 Å². The van der Waals surface area contributed by atoms with Crippen LogP contribution in [-0.4, -0.2) is 11.6 Å². The molecular weight excluding hydrogens is 334 g/mol. The number of hydrogen-bond donors (Lipinski definition) is 0. The zero-order valence-electron chi connectivity index (χ0n) is 14.8. The van der Waals surface area contributed by atoms with E-state index in [9.17, 15) is 18.4 Å². The molecule has 0 amide bonds. The number of ketones is 2. The molecule has 0 saturated carbocycles. The second-order valence-corrected chi connectivity index (χ2v) is 6.48. The van der Waals surface area contributed by atoms with Crippen LogP contribution in [0, 0.1) is 11.6 Å². The molecule has 2 nitrogen and oxygen atoms in total. The van der Waals surface area contributed by atoms with Gasteiger partial charge in [-0.25, -0.2) is 8.78 Å². The van der Waals surface area contributed by atoms with Gasteiger partial charge < -0.3 is 0 Å². The molecule has 0 aliphatic heterocycles. The van der Waals surface area contributed by atoms with Crippen molar-refractivity contribution in [1.29, 1.82) is 0 Å². The van der Waals surface area contributed by atoms with Crippen LogP contribution in [0.25, 0.3) is 0 Å². The molecule has 0 radical (unpaired) electrons. The highest BCUT2D eigenvalue weighted by Crippen LogP contribution is 2.14. The lowest BCUT2D eigenvalue weighted by Gasteiger charge is -2.03. The Labute approximate surface area is 153 Å². The zero-order chi connectivity index (χ0) is 18.8. The van der Waals surface area contributed by atoms with E-state index in [0.29, 0.717) is 24.0 Å². The van der Waals surface area contributed by atoms with Crippen molar-refractivity contribution in [3.05, 3.63) is 71.3 Å². The smallest absolute Gasteiger partial charge is 0.162 e. The van der Waals surface area contributed by atoms with Gasteiger partial charge in [0.1, 0.15) is 11.6 Å². The average molecular weight is 358 g/mol. The monoisotopic (exact) mass is 358 g/mol. The number of unbranched alkanes of at least 4 members (excludes halogenated alkanes) is 5. The van der Waals surface area contributed by atoms with E-state index >= 15 is 0 Å². The zero-order valence-corrected chi connectivity index (χ0v) is 14.8. The molecule has 2 rings (SSSR count). The maximum Gasteiger partial charge on any atom is 0.162 e. The summed E-state index contributed by atoms with van der Waals surface area (Å²) >= 11 is 0. The van der Waals surface area contributed by atoms with Gasteiger partial charge in [0.05, 0.1) is 0 Å². The van der Waals surface area contributed by atoms with E-state index in [0.717, 1.165) is 38.5 Å². The van der Waals surface area contributed by atoms with Crippen LogP contribution >= 0.6 is 0 Å². The molecule has 0 fully saturated rings. The van der Waals surface area contributed by atoms with Crippen molar-refractivity contribution in [2.24, 2.45) is 0 Å². The predicted octanol–water partition coefficient (Wildman–Crippen LogP) is 6.15. The van der Waals surface area contributed by atoms with Gasteiger partial charge in [0.15, 0.2) is 11.6 Å². The fourth-order valence-corrected chi connectivity index (χ4v) is 2.84. The van der Waals surface area contributed by atoms with Gasteiger partial charge in [0, 0.05) is 24.0 Å². The van der Waals surface area contributed by atoms with Crippen molar-refractivity contribution < 1.29 is 18.4 Å². The van der Waals surface area contributed by atoms with E-state index < -0.39 is 0 Å². The van der Waals surface area contributed by atoms with Crippen molar-refractivity contribution in [2.75, 3.05) is 0 Å². The highest BCUT2D eigenvalue weighted by atomic mass is 19.1. The second-order valence-electron chi connectivity index (χ2n) is 6.48. The van der Waals surface area contributed by atoms with Gasteiger partial charge >= 0.3 is 0 Å². The Morgan fingerprint density at radius 3 is 1.19 bits per heavy atom. The molecule has 0 aliphatic carbocycles. The van der Waals surface area contributed by atoms with Crippen molar-refractivity contribution in [1.82, 2.24) is 0 Å². The summed E-state index contributed by atoms with van der Waals surface area (Å²) in [5.41, 5.74) is 1.12. The Hall–Kier alpha value is -2.36. The standard InChI is InChI=1S/C22H24F2O2/c23-19-13-9-17(10-14-19)21(25)7-5-3-1-2-4-6-8-22(26)18-11-15-20(24)16-12-18/h9-16H,1-8H2. The number of Topliss-reactive ketones (excluding diaryl/α,β-unsaturated/α-hetero) is 2. The van der Waals surface area contributed by atoms with E-state index in [4.69, 9.17) is 0 Å². The summed E-state index contributed by atoms with van der Waals surface area (Å²) in [6.07, 6.45) is 6.61. The summed E-state index contributed by atoms with van der Waals surface area (Å²) < 4.78 is 25.6. The van der Waals surface area contributed by atoms with E-state index in [2.05, 4.69) is 0 Å². The fourth-order valence-electron chi connectivity index (χ4n) is 2.84. The lowest BCUT2D eigenvalue weighted by atomic mass is 10.0. The molecule has 2 aromatic rings. The molecule has 0 bridgehead atoms. The van der Waals surface area contributed by atoms with Crippen LogP contribution < -0.4 is 0 Å². The first-order valence-corrected chi connectivity index (χ1v) is 9.14. The van der Waals surface area contributed by atoms with Crippen molar-refractivity contribution in [3.8, 4) is 0 Å². The highest BCUT2D eigenvalue weighted by molar-refractivity contribution is 5.96. The minimum absolute atomic E-state index is 0.0508. The first-order chi connectivity index (χ1) is 12.6. The Morgan fingerprint density at radius 1 is 0.538 bits per heavy atom. The van der Waals surface area contributed by atoms with Gasteiger partial charge in [-0.3, -0.25) is 9.59 Å². The van der Waals surface area contributed by atoms with Crippen LogP contribution in [0.5, 0.6) is 0 Å². The molecule has 0 aromatic heterocycles. The van der Waals surface area contributed by atoms with E-state index in [-0.39, 0.29) is 23.2 Å². The fraction of sp³-hybridized carbons (Fsp3) is 0.364. The summed E-state index contributed by atoms with van der Waals surface area (Å²) in [6.45, 7) is 0. The van der Waals surface area contributed by atoms with Crippen LogP contribution in [0.2, 0.25) is 0 Å². The van der Waals surface area contributed by atoms with Gasteiger partial charge in [-0.15, -0.1) is 0 Å². The molecule has 26 heavy (non-hydrogen) atoms. The third-order valence-corrected chi connectivity index (χ3v) is 4.39. The van der Waals surface area contributed by atoms with Gasteiger partial charge in [-0.05, 0) is 61.4 Å². The minimum atomic E-state index is -0.334.